The lowest BCUT2D eigenvalue weighted by atomic mass is 10.0. The quantitative estimate of drug-likeness (QED) is 0.252. The molecule has 3 amide bonds. The van der Waals surface area contributed by atoms with E-state index < -0.39 is 24.1 Å². The number of carboxylic acids is 1. The standard InChI is InChI=1S/C27H33N3O5S2/c1-3-4-9-23(26(33)30(17-21-7-5-14-36-21)18-22-8-6-15-37-22)28-27(34)29-24(16-25(31)32)19-10-12-20(35-2)13-11-19/h5-8,10-15,23-24H,3-4,9,16-18H2,1-2H3,(H,31,32)(H2,28,29,34)/t23-,24-/m0/s1. The van der Waals surface area contributed by atoms with Crippen molar-refractivity contribution in [2.45, 2.75) is 57.8 Å². The first-order valence-corrected chi connectivity index (χ1v) is 13.9. The molecule has 0 unspecified atom stereocenters. The van der Waals surface area contributed by atoms with Crippen LogP contribution in [0.3, 0.4) is 0 Å². The monoisotopic (exact) mass is 543 g/mol. The van der Waals surface area contributed by atoms with E-state index in [0.717, 1.165) is 22.6 Å². The molecule has 0 spiro atoms. The lowest BCUT2D eigenvalue weighted by Gasteiger charge is -2.28. The third-order valence-corrected chi connectivity index (χ3v) is 7.54. The molecule has 37 heavy (non-hydrogen) atoms. The van der Waals surface area contributed by atoms with Gasteiger partial charge in [0.05, 0.1) is 32.7 Å². The largest absolute Gasteiger partial charge is 0.497 e. The van der Waals surface area contributed by atoms with Crippen molar-refractivity contribution in [2.24, 2.45) is 0 Å². The fraction of sp³-hybridized carbons (Fsp3) is 0.370. The van der Waals surface area contributed by atoms with Crippen molar-refractivity contribution in [1.82, 2.24) is 15.5 Å². The summed E-state index contributed by atoms with van der Waals surface area (Å²) in [5, 5.41) is 19.0. The van der Waals surface area contributed by atoms with Crippen LogP contribution in [0.15, 0.2) is 59.3 Å². The Bertz CT molecular complexity index is 1080. The van der Waals surface area contributed by atoms with E-state index in [1.807, 2.05) is 41.9 Å². The number of amides is 3. The molecule has 1 aromatic carbocycles. The van der Waals surface area contributed by atoms with Crippen molar-refractivity contribution in [3.8, 4) is 5.75 Å². The normalized spacial score (nSPS) is 12.4. The van der Waals surface area contributed by atoms with Crippen LogP contribution in [-0.4, -0.2) is 41.1 Å². The molecule has 0 aliphatic rings. The molecule has 2 aromatic heterocycles. The third-order valence-electron chi connectivity index (χ3n) is 5.82. The first-order chi connectivity index (χ1) is 17.9. The smallest absolute Gasteiger partial charge is 0.315 e. The van der Waals surface area contributed by atoms with Crippen molar-refractivity contribution in [3.05, 3.63) is 74.6 Å². The summed E-state index contributed by atoms with van der Waals surface area (Å²) in [5.74, 6) is -0.577. The van der Waals surface area contributed by atoms with E-state index in [1.165, 1.54) is 0 Å². The maximum atomic E-state index is 13.7. The molecule has 0 fully saturated rings. The van der Waals surface area contributed by atoms with E-state index in [9.17, 15) is 19.5 Å². The van der Waals surface area contributed by atoms with Crippen LogP contribution >= 0.6 is 22.7 Å². The average Bonchev–Trinajstić information content (AvgIpc) is 3.60. The second kappa shape index (κ2) is 14.4. The Morgan fingerprint density at radius 3 is 2.08 bits per heavy atom. The number of carbonyl (C=O) groups is 3. The molecule has 0 saturated carbocycles. The summed E-state index contributed by atoms with van der Waals surface area (Å²) in [5.41, 5.74) is 0.631. The van der Waals surface area contributed by atoms with Gasteiger partial charge in [-0.3, -0.25) is 9.59 Å². The molecule has 2 heterocycles. The molecular formula is C27H33N3O5S2. The Labute approximate surface area is 225 Å². The van der Waals surface area contributed by atoms with E-state index in [-0.39, 0.29) is 12.3 Å². The molecule has 0 aliphatic heterocycles. The van der Waals surface area contributed by atoms with Crippen molar-refractivity contribution in [3.63, 3.8) is 0 Å². The Morgan fingerprint density at radius 2 is 1.59 bits per heavy atom. The van der Waals surface area contributed by atoms with Crippen molar-refractivity contribution in [1.29, 1.82) is 0 Å². The van der Waals surface area contributed by atoms with Crippen LogP contribution in [0.1, 0.15) is 54.0 Å². The van der Waals surface area contributed by atoms with Crippen molar-refractivity contribution < 1.29 is 24.2 Å². The van der Waals surface area contributed by atoms with Crippen molar-refractivity contribution >= 4 is 40.6 Å². The zero-order valence-electron chi connectivity index (χ0n) is 21.0. The molecule has 198 valence electrons. The molecule has 0 radical (unpaired) electrons. The van der Waals surface area contributed by atoms with Gasteiger partial charge in [0.15, 0.2) is 0 Å². The fourth-order valence-electron chi connectivity index (χ4n) is 3.90. The number of hydrogen-bond donors (Lipinski definition) is 3. The summed E-state index contributed by atoms with van der Waals surface area (Å²) < 4.78 is 5.17. The molecule has 3 rings (SSSR count). The summed E-state index contributed by atoms with van der Waals surface area (Å²) in [6.07, 6.45) is 1.83. The number of nitrogens with zero attached hydrogens (tertiary/aromatic N) is 1. The molecule has 0 bridgehead atoms. The molecule has 0 saturated heterocycles. The van der Waals surface area contributed by atoms with Gasteiger partial charge in [-0.25, -0.2) is 4.79 Å². The SMILES string of the molecule is CCCC[C@H](NC(=O)N[C@@H](CC(=O)O)c1ccc(OC)cc1)C(=O)N(Cc1cccs1)Cc1cccs1. The van der Waals surface area contributed by atoms with Gasteiger partial charge in [0.1, 0.15) is 11.8 Å². The van der Waals surface area contributed by atoms with E-state index in [4.69, 9.17) is 4.74 Å². The van der Waals surface area contributed by atoms with Gasteiger partial charge in [-0.1, -0.05) is 44.0 Å². The van der Waals surface area contributed by atoms with Crippen LogP contribution in [-0.2, 0) is 22.7 Å². The number of aliphatic carboxylic acids is 1. The van der Waals surface area contributed by atoms with Gasteiger partial charge in [-0.15, -0.1) is 22.7 Å². The molecule has 0 aliphatic carbocycles. The number of carboxylic acid groups (broad SMARTS) is 1. The van der Waals surface area contributed by atoms with E-state index in [1.54, 1.807) is 58.9 Å². The van der Waals surface area contributed by atoms with Gasteiger partial charge in [0, 0.05) is 9.75 Å². The number of benzene rings is 1. The summed E-state index contributed by atoms with van der Waals surface area (Å²) in [6, 6.07) is 12.7. The van der Waals surface area contributed by atoms with Crippen molar-refractivity contribution in [2.75, 3.05) is 7.11 Å². The second-order valence-electron chi connectivity index (χ2n) is 8.59. The van der Waals surface area contributed by atoms with E-state index in [0.29, 0.717) is 30.8 Å². The number of rotatable bonds is 14. The van der Waals surface area contributed by atoms with Gasteiger partial charge in [-0.2, -0.15) is 0 Å². The van der Waals surface area contributed by atoms with Gasteiger partial charge < -0.3 is 25.4 Å². The summed E-state index contributed by atoms with van der Waals surface area (Å²) in [6.45, 7) is 2.94. The molecule has 2 atom stereocenters. The highest BCUT2D eigenvalue weighted by atomic mass is 32.1. The van der Waals surface area contributed by atoms with Crippen LogP contribution in [0.4, 0.5) is 4.79 Å². The summed E-state index contributed by atoms with van der Waals surface area (Å²) >= 11 is 3.17. The van der Waals surface area contributed by atoms with Crippen LogP contribution < -0.4 is 15.4 Å². The highest BCUT2D eigenvalue weighted by molar-refractivity contribution is 7.10. The second-order valence-corrected chi connectivity index (χ2v) is 10.7. The first-order valence-electron chi connectivity index (χ1n) is 12.2. The minimum atomic E-state index is -1.04. The molecule has 10 heteroatoms. The van der Waals surface area contributed by atoms with Gasteiger partial charge in [0.2, 0.25) is 5.91 Å². The zero-order chi connectivity index (χ0) is 26.6. The Kier molecular flexibility index (Phi) is 11.0. The highest BCUT2D eigenvalue weighted by Gasteiger charge is 2.28. The number of nitrogens with one attached hydrogen (secondary N) is 2. The number of thiophene rings is 2. The zero-order valence-corrected chi connectivity index (χ0v) is 22.6. The Balaban J connectivity index is 1.76. The predicted octanol–water partition coefficient (Wildman–Crippen LogP) is 5.42. The maximum absolute atomic E-state index is 13.7. The number of hydrogen-bond acceptors (Lipinski definition) is 6. The minimum absolute atomic E-state index is 0.162. The maximum Gasteiger partial charge on any atom is 0.315 e. The van der Waals surface area contributed by atoms with Gasteiger partial charge >= 0.3 is 12.0 Å². The fourth-order valence-corrected chi connectivity index (χ4v) is 5.34. The van der Waals surface area contributed by atoms with Gasteiger partial charge in [-0.05, 0) is 47.0 Å². The summed E-state index contributed by atoms with van der Waals surface area (Å²) in [7, 11) is 1.54. The molecule has 3 N–H and O–H groups in total. The minimum Gasteiger partial charge on any atom is -0.497 e. The number of methoxy groups -OCH3 is 1. The van der Waals surface area contributed by atoms with Crippen LogP contribution in [0.5, 0.6) is 5.75 Å². The number of carbonyl (C=O) groups excluding carboxylic acids is 2. The van der Waals surface area contributed by atoms with Crippen LogP contribution in [0, 0.1) is 0 Å². The number of unbranched alkanes of at least 4 members (excludes halogenated alkanes) is 1. The van der Waals surface area contributed by atoms with Crippen LogP contribution in [0.2, 0.25) is 0 Å². The third kappa shape index (κ3) is 8.91. The lowest BCUT2D eigenvalue weighted by molar-refractivity contribution is -0.137. The lowest BCUT2D eigenvalue weighted by Crippen LogP contribution is -2.51. The van der Waals surface area contributed by atoms with E-state index >= 15 is 0 Å². The molecule has 8 nitrogen and oxygen atoms in total. The highest BCUT2D eigenvalue weighted by Crippen LogP contribution is 2.22. The van der Waals surface area contributed by atoms with Crippen LogP contribution in [0.25, 0.3) is 0 Å². The Morgan fingerprint density at radius 1 is 0.973 bits per heavy atom. The topological polar surface area (TPSA) is 108 Å². The predicted molar refractivity (Wildman–Crippen MR) is 146 cm³/mol. The van der Waals surface area contributed by atoms with E-state index in [2.05, 4.69) is 10.6 Å². The summed E-state index contributed by atoms with van der Waals surface area (Å²) in [4.78, 5) is 42.2. The average molecular weight is 544 g/mol. The number of ether oxygens (including phenoxy) is 1. The first kappa shape index (κ1) is 28.2. The molecule has 3 aromatic rings. The van der Waals surface area contributed by atoms with Gasteiger partial charge in [0.25, 0.3) is 0 Å². The number of urea groups is 1. The Hall–Kier alpha value is -3.37. The molecular weight excluding hydrogens is 510 g/mol.